The first-order valence-electron chi connectivity index (χ1n) is 8.89. The largest absolute Gasteiger partial charge is 0.323 e. The van der Waals surface area contributed by atoms with Crippen molar-refractivity contribution in [2.75, 3.05) is 20.8 Å². The molecule has 3 aromatic carbocycles. The molecule has 0 unspecified atom stereocenters. The van der Waals surface area contributed by atoms with Crippen LogP contribution in [0.15, 0.2) is 83.8 Å². The fourth-order valence-electron chi connectivity index (χ4n) is 2.55. The molecule has 0 fully saturated rings. The van der Waals surface area contributed by atoms with E-state index in [0.29, 0.717) is 23.5 Å². The second kappa shape index (κ2) is 10.1. The van der Waals surface area contributed by atoms with E-state index in [1.54, 1.807) is 89.6 Å². The van der Waals surface area contributed by atoms with E-state index in [1.807, 2.05) is 0 Å². The Hall–Kier alpha value is -3.32. The van der Waals surface area contributed by atoms with Crippen molar-refractivity contribution in [2.45, 2.75) is 4.90 Å². The second-order valence-electron chi connectivity index (χ2n) is 6.15. The number of hydrogen-bond donors (Lipinski definition) is 4. The molecular weight excluding hydrogens is 533 g/mol. The van der Waals surface area contributed by atoms with E-state index in [-0.39, 0.29) is 10.6 Å². The lowest BCUT2D eigenvalue weighted by Crippen LogP contribution is -2.21. The molecule has 0 radical (unpaired) electrons. The molecular formula is C20H18IN5O4S. The number of benzene rings is 3. The van der Waals surface area contributed by atoms with Crippen molar-refractivity contribution in [1.29, 1.82) is 0 Å². The number of halogens is 1. The molecule has 3 amide bonds. The molecule has 0 aliphatic rings. The number of carbonyl (C=O) groups is 2. The quantitative estimate of drug-likeness (QED) is 0.144. The van der Waals surface area contributed by atoms with E-state index >= 15 is 0 Å². The molecule has 0 aliphatic carbocycles. The number of anilines is 4. The molecule has 0 bridgehead atoms. The predicted octanol–water partition coefficient (Wildman–Crippen LogP) is 4.27. The van der Waals surface area contributed by atoms with E-state index < -0.39 is 16.1 Å². The standard InChI is InChI=1S/C20H18IN5O4S/c21-26(14-27)24-16-12-10-15(11-13-16)22-20(28)23-18-8-4-5-9-19(18)25-31(29,30)17-6-2-1-3-7-17/h1-14,24-25H,(H2,22,23,28). The second-order valence-corrected chi connectivity index (χ2v) is 8.87. The Morgan fingerprint density at radius 2 is 1.39 bits per heavy atom. The average molecular weight is 551 g/mol. The maximum atomic E-state index is 12.6. The third-order valence-corrected chi connectivity index (χ3v) is 5.79. The fourth-order valence-corrected chi connectivity index (χ4v) is 3.93. The molecule has 0 atom stereocenters. The lowest BCUT2D eigenvalue weighted by Gasteiger charge is -2.15. The zero-order valence-electron chi connectivity index (χ0n) is 15.9. The van der Waals surface area contributed by atoms with Gasteiger partial charge in [0, 0.05) is 5.69 Å². The van der Waals surface area contributed by atoms with Crippen LogP contribution in [-0.2, 0) is 14.8 Å². The Bertz CT molecular complexity index is 1160. The molecule has 0 saturated heterocycles. The molecule has 0 heterocycles. The number of urea groups is 1. The summed E-state index contributed by atoms with van der Waals surface area (Å²) in [5, 5.41) is 5.31. The molecule has 3 aromatic rings. The van der Waals surface area contributed by atoms with Gasteiger partial charge in [0.2, 0.25) is 6.41 Å². The maximum Gasteiger partial charge on any atom is 0.323 e. The molecule has 4 N–H and O–H groups in total. The third kappa shape index (κ3) is 6.33. The number of sulfonamides is 1. The number of rotatable bonds is 8. The monoisotopic (exact) mass is 551 g/mol. The zero-order chi connectivity index (χ0) is 22.3. The van der Waals surface area contributed by atoms with Crippen molar-refractivity contribution in [3.63, 3.8) is 0 Å². The van der Waals surface area contributed by atoms with Gasteiger partial charge in [0.25, 0.3) is 10.0 Å². The summed E-state index contributed by atoms with van der Waals surface area (Å²) < 4.78 is 28.9. The van der Waals surface area contributed by atoms with Crippen molar-refractivity contribution >= 4 is 68.1 Å². The number of hydrazine groups is 1. The molecule has 160 valence electrons. The van der Waals surface area contributed by atoms with Crippen LogP contribution in [-0.4, -0.2) is 24.1 Å². The van der Waals surface area contributed by atoms with Gasteiger partial charge in [0.05, 0.1) is 44.8 Å². The van der Waals surface area contributed by atoms with E-state index in [2.05, 4.69) is 20.8 Å². The van der Waals surface area contributed by atoms with Gasteiger partial charge in [-0.05, 0) is 48.5 Å². The highest BCUT2D eigenvalue weighted by atomic mass is 127. The Labute approximate surface area is 193 Å². The van der Waals surface area contributed by atoms with E-state index in [0.717, 1.165) is 0 Å². The van der Waals surface area contributed by atoms with Gasteiger partial charge in [-0.2, -0.15) is 3.22 Å². The predicted molar refractivity (Wildman–Crippen MR) is 128 cm³/mol. The van der Waals surface area contributed by atoms with Crippen LogP contribution in [0, 0.1) is 0 Å². The highest BCUT2D eigenvalue weighted by Gasteiger charge is 2.16. The van der Waals surface area contributed by atoms with Gasteiger partial charge in [0.15, 0.2) is 0 Å². The SMILES string of the molecule is O=CN(I)Nc1ccc(NC(=O)Nc2ccccc2NS(=O)(=O)c2ccccc2)cc1. The van der Waals surface area contributed by atoms with Crippen molar-refractivity contribution < 1.29 is 18.0 Å². The average Bonchev–Trinajstić information content (AvgIpc) is 2.77. The summed E-state index contributed by atoms with van der Waals surface area (Å²) >= 11 is 1.79. The van der Waals surface area contributed by atoms with E-state index in [9.17, 15) is 18.0 Å². The molecule has 0 aliphatic heterocycles. The summed E-state index contributed by atoms with van der Waals surface area (Å²) in [4.78, 5) is 23.2. The van der Waals surface area contributed by atoms with Gasteiger partial charge in [-0.25, -0.2) is 13.2 Å². The van der Waals surface area contributed by atoms with Gasteiger partial charge >= 0.3 is 6.03 Å². The summed E-state index contributed by atoms with van der Waals surface area (Å²) in [6.45, 7) is 0. The number of nitrogens with zero attached hydrogens (tertiary/aromatic N) is 1. The molecule has 9 nitrogen and oxygen atoms in total. The van der Waals surface area contributed by atoms with Gasteiger partial charge in [-0.15, -0.1) is 0 Å². The highest BCUT2D eigenvalue weighted by Crippen LogP contribution is 2.25. The molecule has 0 aromatic heterocycles. The molecule has 0 saturated carbocycles. The fraction of sp³-hybridized carbons (Fsp3) is 0. The Morgan fingerprint density at radius 3 is 2.03 bits per heavy atom. The first-order chi connectivity index (χ1) is 14.9. The van der Waals surface area contributed by atoms with Crippen molar-refractivity contribution in [1.82, 2.24) is 3.22 Å². The summed E-state index contributed by atoms with van der Waals surface area (Å²) in [6, 6.07) is 20.6. The Balaban J connectivity index is 1.68. The van der Waals surface area contributed by atoms with Gasteiger partial charge in [-0.1, -0.05) is 30.3 Å². The minimum absolute atomic E-state index is 0.114. The number of amides is 3. The number of carbonyl (C=O) groups excluding carboxylic acids is 2. The molecule has 3 rings (SSSR count). The lowest BCUT2D eigenvalue weighted by atomic mass is 10.2. The molecule has 31 heavy (non-hydrogen) atoms. The van der Waals surface area contributed by atoms with Crippen molar-refractivity contribution in [2.24, 2.45) is 0 Å². The number of hydrogen-bond acceptors (Lipinski definition) is 5. The van der Waals surface area contributed by atoms with Gasteiger partial charge < -0.3 is 10.6 Å². The van der Waals surface area contributed by atoms with Crippen LogP contribution in [0.1, 0.15) is 0 Å². The van der Waals surface area contributed by atoms with Gasteiger partial charge in [-0.3, -0.25) is 14.9 Å². The summed E-state index contributed by atoms with van der Waals surface area (Å²) in [5.74, 6) is 0. The zero-order valence-corrected chi connectivity index (χ0v) is 18.9. The van der Waals surface area contributed by atoms with Crippen LogP contribution in [0.4, 0.5) is 27.5 Å². The lowest BCUT2D eigenvalue weighted by molar-refractivity contribution is -0.112. The van der Waals surface area contributed by atoms with Crippen LogP contribution < -0.4 is 20.8 Å². The van der Waals surface area contributed by atoms with Crippen LogP contribution in [0.3, 0.4) is 0 Å². The van der Waals surface area contributed by atoms with Crippen LogP contribution >= 0.6 is 22.9 Å². The summed E-state index contributed by atoms with van der Waals surface area (Å²) in [6.07, 6.45) is 0.615. The Kier molecular flexibility index (Phi) is 7.31. The first kappa shape index (κ1) is 22.4. The topological polar surface area (TPSA) is 120 Å². The van der Waals surface area contributed by atoms with E-state index in [1.165, 1.54) is 15.4 Å². The maximum absolute atomic E-state index is 12.6. The normalized spacial score (nSPS) is 10.6. The van der Waals surface area contributed by atoms with Crippen LogP contribution in [0.2, 0.25) is 0 Å². The number of para-hydroxylation sites is 2. The number of nitrogens with one attached hydrogen (secondary N) is 4. The molecule has 11 heteroatoms. The third-order valence-electron chi connectivity index (χ3n) is 3.94. The van der Waals surface area contributed by atoms with Crippen molar-refractivity contribution in [3.05, 3.63) is 78.9 Å². The molecule has 0 spiro atoms. The minimum Gasteiger partial charge on any atom is -0.308 e. The summed E-state index contributed by atoms with van der Waals surface area (Å²) in [5.41, 5.74) is 4.51. The van der Waals surface area contributed by atoms with Crippen molar-refractivity contribution in [3.8, 4) is 0 Å². The minimum atomic E-state index is -3.81. The first-order valence-corrected chi connectivity index (χ1v) is 11.3. The Morgan fingerprint density at radius 1 is 0.806 bits per heavy atom. The summed E-state index contributed by atoms with van der Waals surface area (Å²) in [7, 11) is -3.81. The van der Waals surface area contributed by atoms with E-state index in [4.69, 9.17) is 0 Å². The van der Waals surface area contributed by atoms with Crippen LogP contribution in [0.25, 0.3) is 0 Å². The van der Waals surface area contributed by atoms with Gasteiger partial charge in [0.1, 0.15) is 0 Å². The smallest absolute Gasteiger partial charge is 0.308 e. The highest BCUT2D eigenvalue weighted by molar-refractivity contribution is 14.1. The van der Waals surface area contributed by atoms with Crippen LogP contribution in [0.5, 0.6) is 0 Å².